The summed E-state index contributed by atoms with van der Waals surface area (Å²) in [6.45, 7) is 8.77. The molecule has 0 aromatic carbocycles. The standard InChI is InChI=1S/C13H26N2O2/c1-3-8-14-9-5-6-12(7-10-14)15(4-2)11-13(16)17/h12H,3-11H2,1-2H3,(H,16,17). The van der Waals surface area contributed by atoms with Gasteiger partial charge in [0.15, 0.2) is 0 Å². The van der Waals surface area contributed by atoms with E-state index < -0.39 is 5.97 Å². The van der Waals surface area contributed by atoms with Crippen LogP contribution in [0.2, 0.25) is 0 Å². The zero-order chi connectivity index (χ0) is 12.7. The Kier molecular flexibility index (Phi) is 6.52. The largest absolute Gasteiger partial charge is 0.480 e. The van der Waals surface area contributed by atoms with Crippen LogP contribution < -0.4 is 0 Å². The van der Waals surface area contributed by atoms with Crippen LogP contribution in [0.5, 0.6) is 0 Å². The maximum atomic E-state index is 10.8. The molecule has 1 unspecified atom stereocenters. The second kappa shape index (κ2) is 7.67. The molecule has 1 heterocycles. The highest BCUT2D eigenvalue weighted by Gasteiger charge is 2.22. The van der Waals surface area contributed by atoms with Gasteiger partial charge in [0.2, 0.25) is 0 Å². The Morgan fingerprint density at radius 1 is 1.35 bits per heavy atom. The Bertz CT molecular complexity index is 233. The predicted octanol–water partition coefficient (Wildman–Crippen LogP) is 1.66. The molecule has 0 radical (unpaired) electrons. The fraction of sp³-hybridized carbons (Fsp3) is 0.923. The maximum absolute atomic E-state index is 10.8. The minimum Gasteiger partial charge on any atom is -0.480 e. The van der Waals surface area contributed by atoms with Crippen molar-refractivity contribution in [2.75, 3.05) is 32.7 Å². The Balaban J connectivity index is 2.45. The number of carbonyl (C=O) groups is 1. The number of nitrogens with zero attached hydrogens (tertiary/aromatic N) is 2. The van der Waals surface area contributed by atoms with E-state index in [0.29, 0.717) is 6.04 Å². The minimum absolute atomic E-state index is 0.189. The van der Waals surface area contributed by atoms with E-state index in [9.17, 15) is 4.79 Å². The average molecular weight is 242 g/mol. The van der Waals surface area contributed by atoms with E-state index in [1.165, 1.54) is 25.9 Å². The first-order valence-corrected chi connectivity index (χ1v) is 6.85. The molecule has 0 spiro atoms. The third-order valence-corrected chi connectivity index (χ3v) is 3.59. The highest BCUT2D eigenvalue weighted by molar-refractivity contribution is 5.69. The lowest BCUT2D eigenvalue weighted by atomic mass is 10.1. The van der Waals surface area contributed by atoms with E-state index in [1.807, 2.05) is 0 Å². The van der Waals surface area contributed by atoms with E-state index >= 15 is 0 Å². The van der Waals surface area contributed by atoms with Crippen molar-refractivity contribution in [2.45, 2.75) is 45.6 Å². The molecular weight excluding hydrogens is 216 g/mol. The summed E-state index contributed by atoms with van der Waals surface area (Å²) < 4.78 is 0. The number of carboxylic acid groups (broad SMARTS) is 1. The zero-order valence-corrected chi connectivity index (χ0v) is 11.2. The van der Waals surface area contributed by atoms with Gasteiger partial charge in [0, 0.05) is 6.04 Å². The van der Waals surface area contributed by atoms with Gasteiger partial charge in [-0.15, -0.1) is 0 Å². The summed E-state index contributed by atoms with van der Waals surface area (Å²) in [5.74, 6) is -0.707. The maximum Gasteiger partial charge on any atom is 0.317 e. The molecular formula is C13H26N2O2. The van der Waals surface area contributed by atoms with Crippen molar-refractivity contribution in [3.8, 4) is 0 Å². The first-order valence-electron chi connectivity index (χ1n) is 6.85. The summed E-state index contributed by atoms with van der Waals surface area (Å²) in [7, 11) is 0. The number of likely N-dealkylation sites (N-methyl/N-ethyl adjacent to an activating group) is 1. The van der Waals surface area contributed by atoms with Crippen LogP contribution in [-0.2, 0) is 4.79 Å². The lowest BCUT2D eigenvalue weighted by molar-refractivity contribution is -0.138. The third-order valence-electron chi connectivity index (χ3n) is 3.59. The summed E-state index contributed by atoms with van der Waals surface area (Å²) in [4.78, 5) is 15.4. The van der Waals surface area contributed by atoms with Crippen molar-refractivity contribution in [3.05, 3.63) is 0 Å². The summed E-state index contributed by atoms with van der Waals surface area (Å²) in [6, 6.07) is 0.456. The number of hydrogen-bond acceptors (Lipinski definition) is 3. The van der Waals surface area contributed by atoms with Gasteiger partial charge in [-0.2, -0.15) is 0 Å². The van der Waals surface area contributed by atoms with Crippen molar-refractivity contribution in [1.29, 1.82) is 0 Å². The summed E-state index contributed by atoms with van der Waals surface area (Å²) in [5, 5.41) is 8.90. The van der Waals surface area contributed by atoms with Crippen LogP contribution in [0.3, 0.4) is 0 Å². The molecule has 0 saturated carbocycles. The molecule has 4 heteroatoms. The highest BCUT2D eigenvalue weighted by atomic mass is 16.4. The molecule has 0 bridgehead atoms. The topological polar surface area (TPSA) is 43.8 Å². The van der Waals surface area contributed by atoms with Gasteiger partial charge in [0.05, 0.1) is 6.54 Å². The van der Waals surface area contributed by atoms with Crippen LogP contribution >= 0.6 is 0 Å². The lowest BCUT2D eigenvalue weighted by Gasteiger charge is -2.28. The van der Waals surface area contributed by atoms with Crippen LogP contribution in [0.1, 0.15) is 39.5 Å². The van der Waals surface area contributed by atoms with Gasteiger partial charge >= 0.3 is 5.97 Å². The quantitative estimate of drug-likeness (QED) is 0.769. The molecule has 17 heavy (non-hydrogen) atoms. The minimum atomic E-state index is -0.707. The lowest BCUT2D eigenvalue weighted by Crippen LogP contribution is -2.39. The second-order valence-corrected chi connectivity index (χ2v) is 4.88. The molecule has 1 fully saturated rings. The van der Waals surface area contributed by atoms with Gasteiger partial charge in [-0.05, 0) is 51.9 Å². The molecule has 0 aromatic rings. The smallest absolute Gasteiger partial charge is 0.317 e. The Morgan fingerprint density at radius 2 is 2.12 bits per heavy atom. The van der Waals surface area contributed by atoms with Crippen molar-refractivity contribution in [1.82, 2.24) is 9.80 Å². The Morgan fingerprint density at radius 3 is 2.71 bits per heavy atom. The zero-order valence-electron chi connectivity index (χ0n) is 11.2. The summed E-state index contributed by atoms with van der Waals surface area (Å²) >= 11 is 0. The molecule has 1 aliphatic rings. The van der Waals surface area contributed by atoms with Crippen molar-refractivity contribution in [2.24, 2.45) is 0 Å². The van der Waals surface area contributed by atoms with Crippen LogP contribution in [-0.4, -0.2) is 59.6 Å². The number of carboxylic acids is 1. The first kappa shape index (κ1) is 14.5. The van der Waals surface area contributed by atoms with Crippen LogP contribution in [0.4, 0.5) is 0 Å². The second-order valence-electron chi connectivity index (χ2n) is 4.88. The van der Waals surface area contributed by atoms with Crippen LogP contribution in [0.25, 0.3) is 0 Å². The van der Waals surface area contributed by atoms with Crippen LogP contribution in [0.15, 0.2) is 0 Å². The van der Waals surface area contributed by atoms with Crippen LogP contribution in [0, 0.1) is 0 Å². The number of hydrogen-bond donors (Lipinski definition) is 1. The normalized spacial score (nSPS) is 22.6. The molecule has 100 valence electrons. The predicted molar refractivity (Wildman–Crippen MR) is 69.3 cm³/mol. The Labute approximate surface area is 105 Å². The molecule has 1 atom stereocenters. The molecule has 0 aliphatic carbocycles. The van der Waals surface area contributed by atoms with E-state index in [4.69, 9.17) is 5.11 Å². The van der Waals surface area contributed by atoms with Gasteiger partial charge in [-0.1, -0.05) is 13.8 Å². The van der Waals surface area contributed by atoms with Gasteiger partial charge < -0.3 is 10.0 Å². The molecule has 1 aliphatic heterocycles. The summed E-state index contributed by atoms with van der Waals surface area (Å²) in [6.07, 6.45) is 4.65. The Hall–Kier alpha value is -0.610. The molecule has 1 saturated heterocycles. The average Bonchev–Trinajstić information content (AvgIpc) is 2.52. The fourth-order valence-electron chi connectivity index (χ4n) is 2.72. The van der Waals surface area contributed by atoms with E-state index in [2.05, 4.69) is 23.6 Å². The monoisotopic (exact) mass is 242 g/mol. The number of likely N-dealkylation sites (tertiary alicyclic amines) is 1. The van der Waals surface area contributed by atoms with E-state index in [0.717, 1.165) is 25.9 Å². The van der Waals surface area contributed by atoms with Gasteiger partial charge in [0.25, 0.3) is 0 Å². The van der Waals surface area contributed by atoms with Gasteiger partial charge in [0.1, 0.15) is 0 Å². The number of rotatable bonds is 6. The number of aliphatic carboxylic acids is 1. The highest BCUT2D eigenvalue weighted by Crippen LogP contribution is 2.16. The van der Waals surface area contributed by atoms with Gasteiger partial charge in [-0.3, -0.25) is 9.69 Å². The molecule has 1 N–H and O–H groups in total. The van der Waals surface area contributed by atoms with Gasteiger partial charge in [-0.25, -0.2) is 0 Å². The van der Waals surface area contributed by atoms with Crippen molar-refractivity contribution in [3.63, 3.8) is 0 Å². The SMILES string of the molecule is CCCN1CCCC(N(CC)CC(=O)O)CC1. The molecule has 0 amide bonds. The third kappa shape index (κ3) is 5.04. The molecule has 0 aromatic heterocycles. The van der Waals surface area contributed by atoms with E-state index in [1.54, 1.807) is 0 Å². The van der Waals surface area contributed by atoms with E-state index in [-0.39, 0.29) is 6.54 Å². The molecule has 4 nitrogen and oxygen atoms in total. The molecule has 1 rings (SSSR count). The van der Waals surface area contributed by atoms with Crippen molar-refractivity contribution < 1.29 is 9.90 Å². The van der Waals surface area contributed by atoms with Crippen molar-refractivity contribution >= 4 is 5.97 Å². The first-order chi connectivity index (χ1) is 8.17. The fourth-order valence-corrected chi connectivity index (χ4v) is 2.72. The summed E-state index contributed by atoms with van der Waals surface area (Å²) in [5.41, 5.74) is 0.